The zero-order chi connectivity index (χ0) is 12.1. The fraction of sp³-hybridized carbons (Fsp3) is 1.00. The van der Waals surface area contributed by atoms with Crippen LogP contribution in [0.3, 0.4) is 0 Å². The second-order valence-corrected chi connectivity index (χ2v) is 6.26. The highest BCUT2D eigenvalue weighted by molar-refractivity contribution is 4.85. The summed E-state index contributed by atoms with van der Waals surface area (Å²) in [5.41, 5.74) is 0. The normalized spacial score (nSPS) is 24.9. The average molecular weight is 238 g/mol. The zero-order valence-electron chi connectivity index (χ0n) is 11.8. The fourth-order valence-corrected chi connectivity index (χ4v) is 3.05. The molecule has 17 heavy (non-hydrogen) atoms. The summed E-state index contributed by atoms with van der Waals surface area (Å²) in [5.74, 6) is 0.955. The first-order valence-electron chi connectivity index (χ1n) is 7.70. The summed E-state index contributed by atoms with van der Waals surface area (Å²) >= 11 is 0. The van der Waals surface area contributed by atoms with E-state index in [0.29, 0.717) is 6.04 Å². The Morgan fingerprint density at radius 2 is 1.71 bits per heavy atom. The van der Waals surface area contributed by atoms with Crippen LogP contribution in [0.5, 0.6) is 0 Å². The van der Waals surface area contributed by atoms with Gasteiger partial charge in [0.2, 0.25) is 0 Å². The lowest BCUT2D eigenvalue weighted by atomic mass is 10.0. The van der Waals surface area contributed by atoms with Crippen molar-refractivity contribution in [2.75, 3.05) is 20.1 Å². The fourth-order valence-electron chi connectivity index (χ4n) is 3.05. The molecule has 1 unspecified atom stereocenters. The van der Waals surface area contributed by atoms with Crippen LogP contribution in [0.15, 0.2) is 0 Å². The van der Waals surface area contributed by atoms with Gasteiger partial charge in [-0.2, -0.15) is 0 Å². The predicted octanol–water partition coefficient (Wildman–Crippen LogP) is 3.03. The quantitative estimate of drug-likeness (QED) is 0.716. The Hall–Kier alpha value is -0.0800. The molecule has 1 N–H and O–H groups in total. The third kappa shape index (κ3) is 4.59. The van der Waals surface area contributed by atoms with Crippen LogP contribution in [0.2, 0.25) is 0 Å². The van der Waals surface area contributed by atoms with Gasteiger partial charge in [-0.1, -0.05) is 25.7 Å². The molecule has 0 radical (unpaired) electrons. The van der Waals surface area contributed by atoms with Crippen LogP contribution in [0, 0.1) is 5.92 Å². The van der Waals surface area contributed by atoms with E-state index in [1.54, 1.807) is 0 Å². The van der Waals surface area contributed by atoms with Crippen molar-refractivity contribution in [2.45, 2.75) is 70.4 Å². The molecule has 0 heterocycles. The highest BCUT2D eigenvalue weighted by Crippen LogP contribution is 2.26. The largest absolute Gasteiger partial charge is 0.315 e. The Morgan fingerprint density at radius 1 is 1.06 bits per heavy atom. The van der Waals surface area contributed by atoms with E-state index in [2.05, 4.69) is 24.2 Å². The second-order valence-electron chi connectivity index (χ2n) is 6.26. The van der Waals surface area contributed by atoms with Crippen molar-refractivity contribution in [3.05, 3.63) is 0 Å². The molecular formula is C15H30N2. The Labute approximate surface area is 107 Å². The highest BCUT2D eigenvalue weighted by atomic mass is 15.2. The van der Waals surface area contributed by atoms with E-state index < -0.39 is 0 Å². The minimum absolute atomic E-state index is 0.702. The maximum atomic E-state index is 3.70. The number of rotatable bonds is 6. The van der Waals surface area contributed by atoms with E-state index in [4.69, 9.17) is 0 Å². The molecule has 1 atom stereocenters. The van der Waals surface area contributed by atoms with E-state index in [-0.39, 0.29) is 0 Å². The average Bonchev–Trinajstić information content (AvgIpc) is 3.15. The van der Waals surface area contributed by atoms with E-state index in [9.17, 15) is 0 Å². The topological polar surface area (TPSA) is 15.3 Å². The van der Waals surface area contributed by atoms with Crippen LogP contribution in [0.25, 0.3) is 0 Å². The van der Waals surface area contributed by atoms with Crippen LogP contribution in [-0.4, -0.2) is 37.1 Å². The van der Waals surface area contributed by atoms with E-state index >= 15 is 0 Å². The lowest BCUT2D eigenvalue weighted by molar-refractivity contribution is 0.237. The first-order valence-corrected chi connectivity index (χ1v) is 7.70. The molecule has 2 aliphatic rings. The molecule has 2 nitrogen and oxygen atoms in total. The monoisotopic (exact) mass is 238 g/mol. The molecule has 2 fully saturated rings. The highest BCUT2D eigenvalue weighted by Gasteiger charge is 2.28. The van der Waals surface area contributed by atoms with Crippen molar-refractivity contribution >= 4 is 0 Å². The first kappa shape index (κ1) is 13.4. The Bertz CT molecular complexity index is 203. The van der Waals surface area contributed by atoms with Crippen LogP contribution >= 0.6 is 0 Å². The molecule has 100 valence electrons. The molecule has 0 aromatic heterocycles. The molecule has 0 aromatic carbocycles. The Balaban J connectivity index is 1.57. The van der Waals surface area contributed by atoms with Gasteiger partial charge in [-0.3, -0.25) is 4.90 Å². The Kier molecular flexibility index (Phi) is 5.30. The van der Waals surface area contributed by atoms with Gasteiger partial charge in [-0.25, -0.2) is 0 Å². The van der Waals surface area contributed by atoms with Gasteiger partial charge in [0, 0.05) is 18.6 Å². The summed E-state index contributed by atoms with van der Waals surface area (Å²) in [6.45, 7) is 4.78. The van der Waals surface area contributed by atoms with Crippen molar-refractivity contribution in [2.24, 2.45) is 5.92 Å². The summed E-state index contributed by atoms with van der Waals surface area (Å²) in [6.07, 6.45) is 11.6. The van der Waals surface area contributed by atoms with Gasteiger partial charge in [-0.05, 0) is 52.1 Å². The molecule has 0 spiro atoms. The molecule has 0 saturated heterocycles. The number of hydrogen-bond donors (Lipinski definition) is 1. The van der Waals surface area contributed by atoms with E-state index in [1.165, 1.54) is 64.5 Å². The standard InChI is InChI=1S/C15H30N2/c1-13(17(2)15-9-10-15)11-16-12-14-7-5-3-4-6-8-14/h13-16H,3-12H2,1-2H3. The SMILES string of the molecule is CC(CNCC1CCCCCC1)N(C)C1CC1. The van der Waals surface area contributed by atoms with Crippen LogP contribution in [0.1, 0.15) is 58.3 Å². The van der Waals surface area contributed by atoms with Crippen molar-refractivity contribution in [3.8, 4) is 0 Å². The van der Waals surface area contributed by atoms with Gasteiger partial charge in [0.15, 0.2) is 0 Å². The van der Waals surface area contributed by atoms with Crippen molar-refractivity contribution < 1.29 is 0 Å². The van der Waals surface area contributed by atoms with Gasteiger partial charge in [0.25, 0.3) is 0 Å². The number of nitrogens with zero attached hydrogens (tertiary/aromatic N) is 1. The summed E-state index contributed by atoms with van der Waals surface area (Å²) < 4.78 is 0. The summed E-state index contributed by atoms with van der Waals surface area (Å²) in [7, 11) is 2.29. The van der Waals surface area contributed by atoms with E-state index in [1.807, 2.05) is 0 Å². The van der Waals surface area contributed by atoms with Crippen LogP contribution in [0.4, 0.5) is 0 Å². The molecule has 2 rings (SSSR count). The number of likely N-dealkylation sites (N-methyl/N-ethyl adjacent to an activating group) is 1. The molecule has 2 heteroatoms. The second kappa shape index (κ2) is 6.75. The lowest BCUT2D eigenvalue weighted by Gasteiger charge is -2.25. The van der Waals surface area contributed by atoms with Gasteiger partial charge in [0.1, 0.15) is 0 Å². The van der Waals surface area contributed by atoms with E-state index in [0.717, 1.165) is 12.0 Å². The molecule has 2 saturated carbocycles. The minimum Gasteiger partial charge on any atom is -0.315 e. The van der Waals surface area contributed by atoms with Gasteiger partial charge in [0.05, 0.1) is 0 Å². The minimum atomic E-state index is 0.702. The molecule has 0 bridgehead atoms. The van der Waals surface area contributed by atoms with Crippen LogP contribution in [-0.2, 0) is 0 Å². The molecule has 2 aliphatic carbocycles. The predicted molar refractivity (Wildman–Crippen MR) is 74.3 cm³/mol. The lowest BCUT2D eigenvalue weighted by Crippen LogP contribution is -2.40. The maximum absolute atomic E-state index is 3.70. The summed E-state index contributed by atoms with van der Waals surface area (Å²) in [5, 5.41) is 3.70. The van der Waals surface area contributed by atoms with Crippen molar-refractivity contribution in [3.63, 3.8) is 0 Å². The first-order chi connectivity index (χ1) is 8.27. The Morgan fingerprint density at radius 3 is 2.29 bits per heavy atom. The third-order valence-corrected chi connectivity index (χ3v) is 4.67. The number of nitrogens with one attached hydrogen (secondary N) is 1. The van der Waals surface area contributed by atoms with Gasteiger partial charge >= 0.3 is 0 Å². The maximum Gasteiger partial charge on any atom is 0.0192 e. The molecular weight excluding hydrogens is 208 g/mol. The molecule has 0 aromatic rings. The number of hydrogen-bond acceptors (Lipinski definition) is 2. The molecule has 0 aliphatic heterocycles. The summed E-state index contributed by atoms with van der Waals surface area (Å²) in [6, 6.07) is 1.60. The smallest absolute Gasteiger partial charge is 0.0192 e. The zero-order valence-corrected chi connectivity index (χ0v) is 11.8. The third-order valence-electron chi connectivity index (χ3n) is 4.67. The molecule has 0 amide bonds. The van der Waals surface area contributed by atoms with Gasteiger partial charge < -0.3 is 5.32 Å². The van der Waals surface area contributed by atoms with Gasteiger partial charge in [-0.15, -0.1) is 0 Å². The van der Waals surface area contributed by atoms with Crippen molar-refractivity contribution in [1.29, 1.82) is 0 Å². The van der Waals surface area contributed by atoms with Crippen LogP contribution < -0.4 is 5.32 Å². The summed E-state index contributed by atoms with van der Waals surface area (Å²) in [4.78, 5) is 2.56. The van der Waals surface area contributed by atoms with Crippen molar-refractivity contribution in [1.82, 2.24) is 10.2 Å².